The van der Waals surface area contributed by atoms with Gasteiger partial charge >= 0.3 is 0 Å². The maximum absolute atomic E-state index is 5.20. The molecular weight excluding hydrogens is 236 g/mol. The second-order valence-electron chi connectivity index (χ2n) is 6.46. The number of nitrogens with one attached hydrogen (secondary N) is 1. The molecule has 1 fully saturated rings. The molecule has 1 saturated heterocycles. The van der Waals surface area contributed by atoms with Crippen LogP contribution in [0.1, 0.15) is 26.3 Å². The molecule has 0 radical (unpaired) electrons. The van der Waals surface area contributed by atoms with Crippen LogP contribution in [0.25, 0.3) is 0 Å². The van der Waals surface area contributed by atoms with E-state index in [2.05, 4.69) is 43.1 Å². The molecule has 0 aromatic heterocycles. The van der Waals surface area contributed by atoms with Gasteiger partial charge in [-0.05, 0) is 23.1 Å². The molecule has 1 aliphatic heterocycles. The summed E-state index contributed by atoms with van der Waals surface area (Å²) in [6.45, 7) is 11.3. The summed E-state index contributed by atoms with van der Waals surface area (Å²) in [4.78, 5) is 2.54. The first-order valence-electron chi connectivity index (χ1n) is 7.08. The third-order valence-corrected chi connectivity index (χ3v) is 3.87. The lowest BCUT2D eigenvalue weighted by atomic mass is 9.85. The minimum absolute atomic E-state index is 0.318. The Morgan fingerprint density at radius 1 is 1.26 bits per heavy atom. The zero-order valence-corrected chi connectivity index (χ0v) is 12.6. The predicted molar refractivity (Wildman–Crippen MR) is 79.5 cm³/mol. The molecule has 1 N–H and O–H groups in total. The van der Waals surface area contributed by atoms with E-state index in [1.807, 2.05) is 12.1 Å². The minimum atomic E-state index is 0.318. The first-order valence-corrected chi connectivity index (χ1v) is 7.08. The molecule has 1 aliphatic rings. The summed E-state index contributed by atoms with van der Waals surface area (Å²) >= 11 is 0. The molecule has 1 atom stereocenters. The third-order valence-electron chi connectivity index (χ3n) is 3.87. The zero-order chi connectivity index (χ0) is 13.9. The fourth-order valence-corrected chi connectivity index (χ4v) is 2.52. The minimum Gasteiger partial charge on any atom is -0.497 e. The second-order valence-corrected chi connectivity index (χ2v) is 6.46. The van der Waals surface area contributed by atoms with Crippen molar-refractivity contribution in [2.24, 2.45) is 5.41 Å². The molecule has 3 heteroatoms. The van der Waals surface area contributed by atoms with E-state index in [-0.39, 0.29) is 0 Å². The summed E-state index contributed by atoms with van der Waals surface area (Å²) in [5.41, 5.74) is 1.67. The quantitative estimate of drug-likeness (QED) is 0.906. The molecule has 0 aliphatic carbocycles. The molecular formula is C16H26N2O. The summed E-state index contributed by atoms with van der Waals surface area (Å²) in [6.07, 6.45) is 0. The van der Waals surface area contributed by atoms with Crippen LogP contribution in [0.2, 0.25) is 0 Å². The number of hydrogen-bond donors (Lipinski definition) is 1. The topological polar surface area (TPSA) is 24.5 Å². The highest BCUT2D eigenvalue weighted by Gasteiger charge is 2.28. The molecule has 1 aromatic carbocycles. The highest BCUT2D eigenvalue weighted by atomic mass is 16.5. The van der Waals surface area contributed by atoms with Gasteiger partial charge in [0.2, 0.25) is 0 Å². The number of rotatable bonds is 3. The van der Waals surface area contributed by atoms with Crippen LogP contribution in [0.5, 0.6) is 5.75 Å². The maximum atomic E-state index is 5.20. The van der Waals surface area contributed by atoms with Crippen LogP contribution >= 0.6 is 0 Å². The normalized spacial score (nSPS) is 21.4. The molecule has 0 spiro atoms. The van der Waals surface area contributed by atoms with Crippen molar-refractivity contribution in [3.8, 4) is 5.75 Å². The zero-order valence-electron chi connectivity index (χ0n) is 12.6. The predicted octanol–water partition coefficient (Wildman–Crippen LogP) is 2.52. The Balaban J connectivity index is 1.94. The lowest BCUT2D eigenvalue weighted by Gasteiger charge is -2.40. The summed E-state index contributed by atoms with van der Waals surface area (Å²) in [7, 11) is 1.71. The van der Waals surface area contributed by atoms with Crippen molar-refractivity contribution in [1.29, 1.82) is 0 Å². The van der Waals surface area contributed by atoms with Crippen LogP contribution in [-0.4, -0.2) is 37.7 Å². The summed E-state index contributed by atoms with van der Waals surface area (Å²) < 4.78 is 5.20. The van der Waals surface area contributed by atoms with Crippen molar-refractivity contribution < 1.29 is 4.74 Å². The van der Waals surface area contributed by atoms with Crippen LogP contribution in [-0.2, 0) is 6.54 Å². The summed E-state index contributed by atoms with van der Waals surface area (Å²) in [5.74, 6) is 0.927. The molecule has 0 amide bonds. The molecule has 106 valence electrons. The lowest BCUT2D eigenvalue weighted by molar-refractivity contribution is 0.129. The van der Waals surface area contributed by atoms with Crippen molar-refractivity contribution in [3.63, 3.8) is 0 Å². The average molecular weight is 262 g/mol. The van der Waals surface area contributed by atoms with Gasteiger partial charge in [0.25, 0.3) is 0 Å². The summed E-state index contributed by atoms with van der Waals surface area (Å²) in [6, 6.07) is 8.97. The summed E-state index contributed by atoms with van der Waals surface area (Å²) in [5, 5.41) is 3.63. The molecule has 1 unspecified atom stereocenters. The average Bonchev–Trinajstić information content (AvgIpc) is 2.39. The SMILES string of the molecule is COc1ccc(CN2CCNC(C(C)(C)C)C2)cc1. The molecule has 19 heavy (non-hydrogen) atoms. The molecule has 0 saturated carbocycles. The largest absolute Gasteiger partial charge is 0.497 e. The monoisotopic (exact) mass is 262 g/mol. The van der Waals surface area contributed by atoms with Gasteiger partial charge in [0, 0.05) is 32.2 Å². The molecule has 1 aromatic rings. The van der Waals surface area contributed by atoms with Gasteiger partial charge < -0.3 is 10.1 Å². The van der Waals surface area contributed by atoms with E-state index in [1.54, 1.807) is 7.11 Å². The van der Waals surface area contributed by atoms with Gasteiger partial charge in [0.05, 0.1) is 7.11 Å². The van der Waals surface area contributed by atoms with Gasteiger partial charge in [-0.15, -0.1) is 0 Å². The van der Waals surface area contributed by atoms with E-state index in [9.17, 15) is 0 Å². The fourth-order valence-electron chi connectivity index (χ4n) is 2.52. The van der Waals surface area contributed by atoms with Gasteiger partial charge in [-0.1, -0.05) is 32.9 Å². The highest BCUT2D eigenvalue weighted by molar-refractivity contribution is 5.27. The van der Waals surface area contributed by atoms with Crippen LogP contribution in [0.15, 0.2) is 24.3 Å². The van der Waals surface area contributed by atoms with E-state index in [1.165, 1.54) is 5.56 Å². The Morgan fingerprint density at radius 3 is 2.53 bits per heavy atom. The molecule has 3 nitrogen and oxygen atoms in total. The van der Waals surface area contributed by atoms with Crippen molar-refractivity contribution in [2.45, 2.75) is 33.4 Å². The Kier molecular flexibility index (Phi) is 4.48. The number of piperazine rings is 1. The Hall–Kier alpha value is -1.06. The maximum Gasteiger partial charge on any atom is 0.118 e. The van der Waals surface area contributed by atoms with Crippen molar-refractivity contribution in [2.75, 3.05) is 26.7 Å². The second kappa shape index (κ2) is 5.93. The lowest BCUT2D eigenvalue weighted by Crippen LogP contribution is -2.55. The van der Waals surface area contributed by atoms with Crippen LogP contribution in [0, 0.1) is 5.41 Å². The highest BCUT2D eigenvalue weighted by Crippen LogP contribution is 2.22. The van der Waals surface area contributed by atoms with Gasteiger partial charge in [0.15, 0.2) is 0 Å². The van der Waals surface area contributed by atoms with Crippen molar-refractivity contribution in [3.05, 3.63) is 29.8 Å². The van der Waals surface area contributed by atoms with Gasteiger partial charge in [0.1, 0.15) is 5.75 Å². The van der Waals surface area contributed by atoms with Crippen LogP contribution in [0.3, 0.4) is 0 Å². The van der Waals surface area contributed by atoms with E-state index in [4.69, 9.17) is 4.74 Å². The van der Waals surface area contributed by atoms with Crippen LogP contribution < -0.4 is 10.1 Å². The van der Waals surface area contributed by atoms with E-state index in [0.717, 1.165) is 31.9 Å². The first-order chi connectivity index (χ1) is 8.99. The molecule has 1 heterocycles. The van der Waals surface area contributed by atoms with Gasteiger partial charge in [-0.3, -0.25) is 4.90 Å². The Labute approximate surface area is 116 Å². The smallest absolute Gasteiger partial charge is 0.118 e. The number of nitrogens with zero attached hydrogens (tertiary/aromatic N) is 1. The Morgan fingerprint density at radius 2 is 1.95 bits per heavy atom. The third kappa shape index (κ3) is 3.95. The molecule has 0 bridgehead atoms. The standard InChI is InChI=1S/C16H26N2O/c1-16(2,3)15-12-18(10-9-17-15)11-13-5-7-14(19-4)8-6-13/h5-8,15,17H,9-12H2,1-4H3. The van der Waals surface area contributed by atoms with Crippen molar-refractivity contribution >= 4 is 0 Å². The van der Waals surface area contributed by atoms with Gasteiger partial charge in [-0.25, -0.2) is 0 Å². The van der Waals surface area contributed by atoms with E-state index in [0.29, 0.717) is 11.5 Å². The van der Waals surface area contributed by atoms with E-state index < -0.39 is 0 Å². The fraction of sp³-hybridized carbons (Fsp3) is 0.625. The van der Waals surface area contributed by atoms with E-state index >= 15 is 0 Å². The van der Waals surface area contributed by atoms with Gasteiger partial charge in [-0.2, -0.15) is 0 Å². The Bertz CT molecular complexity index is 394. The number of ether oxygens (including phenoxy) is 1. The number of benzene rings is 1. The first kappa shape index (κ1) is 14.4. The number of hydrogen-bond acceptors (Lipinski definition) is 3. The number of methoxy groups -OCH3 is 1. The molecule has 2 rings (SSSR count). The van der Waals surface area contributed by atoms with Crippen molar-refractivity contribution in [1.82, 2.24) is 10.2 Å². The van der Waals surface area contributed by atoms with Crippen LogP contribution in [0.4, 0.5) is 0 Å².